The summed E-state index contributed by atoms with van der Waals surface area (Å²) in [5, 5.41) is 6.86. The fraction of sp³-hybridized carbons (Fsp3) is 0.250. The standard InChI is InChI=1S/C16H14F3N7O/c1-8(16(17,18)19)22-15-24-13-12(14(25-15)27-2)9(7-20-13)10-4-6-26-11(23-10)3-5-21-26/h3-8H,1-2H3,(H2,20,22,24,25). The molecule has 8 nitrogen and oxygen atoms in total. The Balaban J connectivity index is 1.80. The van der Waals surface area contributed by atoms with Crippen LogP contribution in [0.2, 0.25) is 0 Å². The summed E-state index contributed by atoms with van der Waals surface area (Å²) in [6.07, 6.45) is 0.626. The molecule has 0 radical (unpaired) electrons. The van der Waals surface area contributed by atoms with E-state index in [2.05, 4.69) is 30.4 Å². The molecule has 4 aromatic rings. The highest BCUT2D eigenvalue weighted by atomic mass is 19.4. The van der Waals surface area contributed by atoms with Crippen molar-refractivity contribution in [3.8, 4) is 17.1 Å². The summed E-state index contributed by atoms with van der Waals surface area (Å²) in [7, 11) is 1.39. The smallest absolute Gasteiger partial charge is 0.408 e. The third-order valence-electron chi connectivity index (χ3n) is 4.06. The van der Waals surface area contributed by atoms with Gasteiger partial charge in [0.1, 0.15) is 11.7 Å². The lowest BCUT2D eigenvalue weighted by molar-refractivity contribution is -0.138. The predicted molar refractivity (Wildman–Crippen MR) is 91.6 cm³/mol. The van der Waals surface area contributed by atoms with Crippen molar-refractivity contribution in [1.82, 2.24) is 29.5 Å². The quantitative estimate of drug-likeness (QED) is 0.568. The summed E-state index contributed by atoms with van der Waals surface area (Å²) in [5.41, 5.74) is 2.28. The van der Waals surface area contributed by atoms with E-state index in [4.69, 9.17) is 4.74 Å². The molecule has 0 fully saturated rings. The highest BCUT2D eigenvalue weighted by Crippen LogP contribution is 2.34. The van der Waals surface area contributed by atoms with E-state index in [1.807, 2.05) is 0 Å². The van der Waals surface area contributed by atoms with Gasteiger partial charge in [-0.1, -0.05) is 0 Å². The molecule has 0 saturated heterocycles. The second kappa shape index (κ2) is 6.11. The number of nitrogens with one attached hydrogen (secondary N) is 2. The molecular weight excluding hydrogens is 363 g/mol. The minimum Gasteiger partial charge on any atom is -0.480 e. The van der Waals surface area contributed by atoms with Crippen molar-refractivity contribution in [3.05, 3.63) is 30.7 Å². The van der Waals surface area contributed by atoms with Gasteiger partial charge in [0, 0.05) is 24.0 Å². The molecule has 0 amide bonds. The van der Waals surface area contributed by atoms with Crippen LogP contribution in [0.4, 0.5) is 19.1 Å². The number of hydrogen-bond donors (Lipinski definition) is 2. The Morgan fingerprint density at radius 2 is 2.04 bits per heavy atom. The van der Waals surface area contributed by atoms with Crippen LogP contribution in [0.5, 0.6) is 5.88 Å². The molecule has 0 aliphatic carbocycles. The number of alkyl halides is 3. The Hall–Kier alpha value is -3.37. The summed E-state index contributed by atoms with van der Waals surface area (Å²) in [5.74, 6) is -0.0416. The van der Waals surface area contributed by atoms with Gasteiger partial charge in [0.05, 0.1) is 24.4 Å². The Morgan fingerprint density at radius 3 is 2.78 bits per heavy atom. The zero-order chi connectivity index (χ0) is 19.2. The van der Waals surface area contributed by atoms with Crippen LogP contribution in [0, 0.1) is 0 Å². The van der Waals surface area contributed by atoms with Crippen molar-refractivity contribution >= 4 is 22.6 Å². The van der Waals surface area contributed by atoms with Gasteiger partial charge >= 0.3 is 6.18 Å². The van der Waals surface area contributed by atoms with Crippen LogP contribution in [0.3, 0.4) is 0 Å². The van der Waals surface area contributed by atoms with Crippen molar-refractivity contribution in [1.29, 1.82) is 0 Å². The van der Waals surface area contributed by atoms with Crippen LogP contribution in [0.15, 0.2) is 30.7 Å². The lowest BCUT2D eigenvalue weighted by atomic mass is 10.1. The van der Waals surface area contributed by atoms with Gasteiger partial charge in [-0.3, -0.25) is 0 Å². The molecule has 1 unspecified atom stereocenters. The van der Waals surface area contributed by atoms with Crippen LogP contribution < -0.4 is 10.1 Å². The molecule has 4 heterocycles. The van der Waals surface area contributed by atoms with Crippen molar-refractivity contribution in [2.24, 2.45) is 0 Å². The van der Waals surface area contributed by atoms with E-state index < -0.39 is 12.2 Å². The number of ether oxygens (including phenoxy) is 1. The number of hydrogen-bond acceptors (Lipinski definition) is 6. The summed E-state index contributed by atoms with van der Waals surface area (Å²) in [6, 6.07) is 1.71. The number of aromatic amines is 1. The fourth-order valence-corrected chi connectivity index (χ4v) is 2.65. The molecule has 2 N–H and O–H groups in total. The number of nitrogens with zero attached hydrogens (tertiary/aromatic N) is 5. The maximum Gasteiger partial charge on any atom is 0.408 e. The minimum absolute atomic E-state index is 0.142. The SMILES string of the molecule is COc1nc(NC(C)C(F)(F)F)nc2[nH]cc(-c3ccn4nccc4n3)c12. The average molecular weight is 377 g/mol. The van der Waals surface area contributed by atoms with Gasteiger partial charge in [0.25, 0.3) is 0 Å². The van der Waals surface area contributed by atoms with Crippen molar-refractivity contribution in [3.63, 3.8) is 0 Å². The Kier molecular flexibility index (Phi) is 3.86. The highest BCUT2D eigenvalue weighted by molar-refractivity contribution is 5.97. The van der Waals surface area contributed by atoms with E-state index in [0.29, 0.717) is 27.9 Å². The largest absolute Gasteiger partial charge is 0.480 e. The van der Waals surface area contributed by atoms with Crippen LogP contribution >= 0.6 is 0 Å². The predicted octanol–water partition coefficient (Wildman–Crippen LogP) is 3.04. The van der Waals surface area contributed by atoms with Gasteiger partial charge in [-0.25, -0.2) is 9.50 Å². The number of H-pyrrole nitrogens is 1. The van der Waals surface area contributed by atoms with Gasteiger partial charge in [-0.05, 0) is 13.0 Å². The fourth-order valence-electron chi connectivity index (χ4n) is 2.65. The number of anilines is 1. The van der Waals surface area contributed by atoms with Gasteiger partial charge in [-0.15, -0.1) is 0 Å². The lowest BCUT2D eigenvalue weighted by Gasteiger charge is -2.17. The van der Waals surface area contributed by atoms with Crippen LogP contribution in [0.1, 0.15) is 6.92 Å². The van der Waals surface area contributed by atoms with Crippen molar-refractivity contribution in [2.75, 3.05) is 12.4 Å². The van der Waals surface area contributed by atoms with E-state index in [1.54, 1.807) is 35.2 Å². The zero-order valence-corrected chi connectivity index (χ0v) is 14.2. The van der Waals surface area contributed by atoms with Crippen LogP contribution in [-0.2, 0) is 0 Å². The molecule has 0 spiro atoms. The molecule has 0 bridgehead atoms. The first kappa shape index (κ1) is 17.1. The molecule has 4 aromatic heterocycles. The number of methoxy groups -OCH3 is 1. The van der Waals surface area contributed by atoms with Gasteiger partial charge in [0.15, 0.2) is 5.65 Å². The minimum atomic E-state index is -4.42. The molecule has 11 heteroatoms. The average Bonchev–Trinajstić information content (AvgIpc) is 3.26. The number of halogens is 3. The maximum absolute atomic E-state index is 12.8. The zero-order valence-electron chi connectivity index (χ0n) is 14.2. The molecule has 27 heavy (non-hydrogen) atoms. The lowest BCUT2D eigenvalue weighted by Crippen LogP contribution is -2.33. The molecule has 140 valence electrons. The van der Waals surface area contributed by atoms with E-state index in [1.165, 1.54) is 7.11 Å². The molecule has 4 rings (SSSR count). The van der Waals surface area contributed by atoms with Gasteiger partial charge in [0.2, 0.25) is 11.8 Å². The van der Waals surface area contributed by atoms with E-state index in [-0.39, 0.29) is 11.8 Å². The Morgan fingerprint density at radius 1 is 1.22 bits per heavy atom. The highest BCUT2D eigenvalue weighted by Gasteiger charge is 2.36. The first-order chi connectivity index (χ1) is 12.9. The van der Waals surface area contributed by atoms with Crippen LogP contribution in [0.25, 0.3) is 27.9 Å². The number of aromatic nitrogens is 6. The third kappa shape index (κ3) is 3.00. The topological polar surface area (TPSA) is 93.0 Å². The Bertz CT molecular complexity index is 1120. The second-order valence-electron chi connectivity index (χ2n) is 5.84. The second-order valence-corrected chi connectivity index (χ2v) is 5.84. The first-order valence-electron chi connectivity index (χ1n) is 7.94. The van der Waals surface area contributed by atoms with Crippen molar-refractivity contribution < 1.29 is 17.9 Å². The molecule has 1 atom stereocenters. The van der Waals surface area contributed by atoms with Gasteiger partial charge in [-0.2, -0.15) is 28.2 Å². The van der Waals surface area contributed by atoms with Crippen LogP contribution in [-0.4, -0.2) is 48.9 Å². The summed E-state index contributed by atoms with van der Waals surface area (Å²) < 4.78 is 45.3. The van der Waals surface area contributed by atoms with E-state index >= 15 is 0 Å². The normalized spacial score (nSPS) is 13.2. The Labute approximate surface area is 150 Å². The molecule has 0 aromatic carbocycles. The molecule has 0 aliphatic rings. The summed E-state index contributed by atoms with van der Waals surface area (Å²) in [6.45, 7) is 0.991. The van der Waals surface area contributed by atoms with Gasteiger partial charge < -0.3 is 15.0 Å². The summed E-state index contributed by atoms with van der Waals surface area (Å²) >= 11 is 0. The summed E-state index contributed by atoms with van der Waals surface area (Å²) in [4.78, 5) is 15.7. The first-order valence-corrected chi connectivity index (χ1v) is 7.94. The maximum atomic E-state index is 12.8. The number of rotatable bonds is 4. The van der Waals surface area contributed by atoms with E-state index in [9.17, 15) is 13.2 Å². The monoisotopic (exact) mass is 377 g/mol. The van der Waals surface area contributed by atoms with Crippen molar-refractivity contribution in [2.45, 2.75) is 19.1 Å². The number of fused-ring (bicyclic) bond motifs is 2. The van der Waals surface area contributed by atoms with E-state index in [0.717, 1.165) is 6.92 Å². The molecular formula is C16H14F3N7O. The third-order valence-corrected chi connectivity index (χ3v) is 4.06. The molecule has 0 saturated carbocycles. The molecule has 0 aliphatic heterocycles.